The molecule has 1 heterocycles. The Labute approximate surface area is 99.0 Å². The van der Waals surface area contributed by atoms with Crippen molar-refractivity contribution < 1.29 is 0 Å². The Kier molecular flexibility index (Phi) is 4.54. The van der Waals surface area contributed by atoms with Crippen molar-refractivity contribution in [2.75, 3.05) is 6.54 Å². The Hall–Kier alpha value is -0.830. The van der Waals surface area contributed by atoms with E-state index in [0.717, 1.165) is 19.0 Å². The lowest BCUT2D eigenvalue weighted by Crippen LogP contribution is -2.20. The number of hydrogen-bond acceptors (Lipinski definition) is 2. The Morgan fingerprint density at radius 1 is 1.38 bits per heavy atom. The number of aromatic nitrogens is 2. The van der Waals surface area contributed by atoms with Crippen LogP contribution in [-0.2, 0) is 12.0 Å². The highest BCUT2D eigenvalue weighted by Gasteiger charge is 2.19. The zero-order valence-corrected chi connectivity index (χ0v) is 11.2. The predicted molar refractivity (Wildman–Crippen MR) is 68.4 cm³/mol. The molecule has 1 aromatic rings. The highest BCUT2D eigenvalue weighted by Crippen LogP contribution is 2.23. The van der Waals surface area contributed by atoms with Crippen LogP contribution < -0.4 is 5.32 Å². The Morgan fingerprint density at radius 3 is 2.62 bits per heavy atom. The SMILES string of the molecule is CC(C)CCNCc1cn[nH]c1C(C)(C)C. The molecular weight excluding hydrogens is 198 g/mol. The maximum atomic E-state index is 4.14. The Balaban J connectivity index is 2.46. The van der Waals surface area contributed by atoms with Gasteiger partial charge in [0.15, 0.2) is 0 Å². The summed E-state index contributed by atoms with van der Waals surface area (Å²) < 4.78 is 0. The molecule has 0 aliphatic rings. The first kappa shape index (κ1) is 13.2. The molecule has 92 valence electrons. The lowest BCUT2D eigenvalue weighted by Gasteiger charge is -2.18. The summed E-state index contributed by atoms with van der Waals surface area (Å²) >= 11 is 0. The highest BCUT2D eigenvalue weighted by atomic mass is 15.1. The molecule has 16 heavy (non-hydrogen) atoms. The molecule has 0 spiro atoms. The van der Waals surface area contributed by atoms with E-state index in [2.05, 4.69) is 50.1 Å². The standard InChI is InChI=1S/C13H25N3/c1-10(2)6-7-14-8-11-9-15-16-12(11)13(3,4)5/h9-10,14H,6-8H2,1-5H3,(H,15,16). The molecule has 2 N–H and O–H groups in total. The minimum atomic E-state index is 0.144. The van der Waals surface area contributed by atoms with Gasteiger partial charge in [0.2, 0.25) is 0 Å². The van der Waals surface area contributed by atoms with Gasteiger partial charge in [-0.15, -0.1) is 0 Å². The molecule has 0 bridgehead atoms. The Bertz CT molecular complexity index is 307. The molecule has 1 rings (SSSR count). The van der Waals surface area contributed by atoms with Crippen molar-refractivity contribution in [1.82, 2.24) is 15.5 Å². The predicted octanol–water partition coefficient (Wildman–Crippen LogP) is 2.84. The maximum Gasteiger partial charge on any atom is 0.0535 e. The number of aromatic amines is 1. The fourth-order valence-electron chi connectivity index (χ4n) is 1.71. The van der Waals surface area contributed by atoms with Gasteiger partial charge in [0.05, 0.1) is 6.20 Å². The van der Waals surface area contributed by atoms with Crippen molar-refractivity contribution in [3.05, 3.63) is 17.5 Å². The van der Waals surface area contributed by atoms with Crippen molar-refractivity contribution in [3.63, 3.8) is 0 Å². The lowest BCUT2D eigenvalue weighted by molar-refractivity contribution is 0.525. The van der Waals surface area contributed by atoms with Crippen molar-refractivity contribution in [3.8, 4) is 0 Å². The third-order valence-corrected chi connectivity index (χ3v) is 2.68. The number of nitrogens with zero attached hydrogens (tertiary/aromatic N) is 1. The molecule has 0 aliphatic carbocycles. The molecule has 0 saturated heterocycles. The minimum Gasteiger partial charge on any atom is -0.313 e. The maximum absolute atomic E-state index is 4.14. The second-order valence-corrected chi connectivity index (χ2v) is 5.88. The van der Waals surface area contributed by atoms with E-state index in [4.69, 9.17) is 0 Å². The van der Waals surface area contributed by atoms with E-state index in [1.165, 1.54) is 17.7 Å². The largest absolute Gasteiger partial charge is 0.313 e. The van der Waals surface area contributed by atoms with E-state index in [0.29, 0.717) is 0 Å². The van der Waals surface area contributed by atoms with Gasteiger partial charge in [0.1, 0.15) is 0 Å². The third-order valence-electron chi connectivity index (χ3n) is 2.68. The normalized spacial score (nSPS) is 12.4. The van der Waals surface area contributed by atoms with Crippen LogP contribution >= 0.6 is 0 Å². The van der Waals surface area contributed by atoms with E-state index in [1.54, 1.807) is 0 Å². The summed E-state index contributed by atoms with van der Waals surface area (Å²) in [7, 11) is 0. The number of rotatable bonds is 5. The van der Waals surface area contributed by atoms with Crippen LogP contribution in [0.15, 0.2) is 6.20 Å². The van der Waals surface area contributed by atoms with Crippen molar-refractivity contribution in [2.45, 2.75) is 53.0 Å². The van der Waals surface area contributed by atoms with Gasteiger partial charge in [-0.25, -0.2) is 0 Å². The first-order chi connectivity index (χ1) is 7.41. The number of hydrogen-bond donors (Lipinski definition) is 2. The van der Waals surface area contributed by atoms with E-state index in [9.17, 15) is 0 Å². The summed E-state index contributed by atoms with van der Waals surface area (Å²) in [5.74, 6) is 0.763. The van der Waals surface area contributed by atoms with E-state index in [1.807, 2.05) is 6.20 Å². The van der Waals surface area contributed by atoms with Gasteiger partial charge in [-0.3, -0.25) is 5.10 Å². The van der Waals surface area contributed by atoms with Gasteiger partial charge in [0, 0.05) is 23.2 Å². The molecule has 0 saturated carbocycles. The highest BCUT2D eigenvalue weighted by molar-refractivity contribution is 5.23. The van der Waals surface area contributed by atoms with Crippen LogP contribution in [0.4, 0.5) is 0 Å². The van der Waals surface area contributed by atoms with Crippen LogP contribution in [0, 0.1) is 5.92 Å². The third kappa shape index (κ3) is 3.97. The Morgan fingerprint density at radius 2 is 2.06 bits per heavy atom. The zero-order chi connectivity index (χ0) is 12.2. The molecule has 3 heteroatoms. The second kappa shape index (κ2) is 5.48. The van der Waals surface area contributed by atoms with Gasteiger partial charge in [-0.1, -0.05) is 34.6 Å². The minimum absolute atomic E-state index is 0.144. The van der Waals surface area contributed by atoms with Gasteiger partial charge >= 0.3 is 0 Å². The smallest absolute Gasteiger partial charge is 0.0535 e. The van der Waals surface area contributed by atoms with Crippen LogP contribution in [0.1, 0.15) is 52.3 Å². The van der Waals surface area contributed by atoms with Gasteiger partial charge in [0.25, 0.3) is 0 Å². The number of H-pyrrole nitrogens is 1. The van der Waals surface area contributed by atoms with Crippen LogP contribution in [0.3, 0.4) is 0 Å². The summed E-state index contributed by atoms with van der Waals surface area (Å²) in [6, 6.07) is 0. The number of nitrogens with one attached hydrogen (secondary N) is 2. The van der Waals surface area contributed by atoms with Crippen LogP contribution in [0.25, 0.3) is 0 Å². The first-order valence-corrected chi connectivity index (χ1v) is 6.14. The molecule has 0 radical (unpaired) electrons. The average molecular weight is 223 g/mol. The average Bonchev–Trinajstić information content (AvgIpc) is 2.59. The van der Waals surface area contributed by atoms with Crippen LogP contribution in [-0.4, -0.2) is 16.7 Å². The van der Waals surface area contributed by atoms with Crippen molar-refractivity contribution in [1.29, 1.82) is 0 Å². The van der Waals surface area contributed by atoms with E-state index in [-0.39, 0.29) is 5.41 Å². The summed E-state index contributed by atoms with van der Waals surface area (Å²) in [4.78, 5) is 0. The summed E-state index contributed by atoms with van der Waals surface area (Å²) in [6.45, 7) is 13.1. The summed E-state index contributed by atoms with van der Waals surface area (Å²) in [5, 5.41) is 10.7. The molecule has 0 aliphatic heterocycles. The quantitative estimate of drug-likeness (QED) is 0.754. The molecule has 0 fully saturated rings. The van der Waals surface area contributed by atoms with E-state index < -0.39 is 0 Å². The summed E-state index contributed by atoms with van der Waals surface area (Å²) in [5.41, 5.74) is 2.67. The molecule has 3 nitrogen and oxygen atoms in total. The van der Waals surface area contributed by atoms with Gasteiger partial charge in [-0.05, 0) is 18.9 Å². The first-order valence-electron chi connectivity index (χ1n) is 6.14. The monoisotopic (exact) mass is 223 g/mol. The molecular formula is C13H25N3. The molecule has 0 aromatic carbocycles. The fourth-order valence-corrected chi connectivity index (χ4v) is 1.71. The molecule has 1 aromatic heterocycles. The fraction of sp³-hybridized carbons (Fsp3) is 0.769. The van der Waals surface area contributed by atoms with E-state index >= 15 is 0 Å². The van der Waals surface area contributed by atoms with Crippen molar-refractivity contribution in [2.24, 2.45) is 5.92 Å². The summed E-state index contributed by atoms with van der Waals surface area (Å²) in [6.07, 6.45) is 3.16. The van der Waals surface area contributed by atoms with Gasteiger partial charge < -0.3 is 5.32 Å². The molecule has 0 atom stereocenters. The molecule has 0 amide bonds. The molecule has 0 unspecified atom stereocenters. The zero-order valence-electron chi connectivity index (χ0n) is 11.2. The van der Waals surface area contributed by atoms with Crippen LogP contribution in [0.2, 0.25) is 0 Å². The van der Waals surface area contributed by atoms with Crippen molar-refractivity contribution >= 4 is 0 Å². The van der Waals surface area contributed by atoms with Gasteiger partial charge in [-0.2, -0.15) is 5.10 Å². The topological polar surface area (TPSA) is 40.7 Å². The van der Waals surface area contributed by atoms with Crippen LogP contribution in [0.5, 0.6) is 0 Å². The second-order valence-electron chi connectivity index (χ2n) is 5.88. The lowest BCUT2D eigenvalue weighted by atomic mass is 9.89.